The molecule has 0 bridgehead atoms. The number of carbonyl (C=O) groups is 1. The molecular formula is C13H22N4O. The van der Waals surface area contributed by atoms with Crippen LogP contribution in [0.3, 0.4) is 0 Å². The summed E-state index contributed by atoms with van der Waals surface area (Å²) < 4.78 is 1.96. The molecule has 2 rings (SSSR count). The van der Waals surface area contributed by atoms with Crippen LogP contribution in [0.25, 0.3) is 0 Å². The Morgan fingerprint density at radius 1 is 1.33 bits per heavy atom. The van der Waals surface area contributed by atoms with Gasteiger partial charge in [-0.25, -0.2) is 0 Å². The first-order valence-corrected chi connectivity index (χ1v) is 6.53. The van der Waals surface area contributed by atoms with E-state index in [1.165, 1.54) is 0 Å². The Kier molecular flexibility index (Phi) is 3.43. The van der Waals surface area contributed by atoms with Gasteiger partial charge in [0.1, 0.15) is 0 Å². The van der Waals surface area contributed by atoms with Gasteiger partial charge in [-0.2, -0.15) is 5.10 Å². The van der Waals surface area contributed by atoms with Gasteiger partial charge in [-0.15, -0.1) is 0 Å². The SMILES string of the molecule is CC(C)N1C(=O)C[C@H](N)[C@H]1c1ccnn1C(C)C. The summed E-state index contributed by atoms with van der Waals surface area (Å²) in [4.78, 5) is 13.9. The number of hydrogen-bond donors (Lipinski definition) is 1. The zero-order chi connectivity index (χ0) is 13.4. The monoisotopic (exact) mass is 250 g/mol. The van der Waals surface area contributed by atoms with Crippen LogP contribution < -0.4 is 5.73 Å². The van der Waals surface area contributed by atoms with Crippen molar-refractivity contribution in [1.29, 1.82) is 0 Å². The third-order valence-corrected chi connectivity index (χ3v) is 3.45. The standard InChI is InChI=1S/C13H22N4O/c1-8(2)16-12(18)7-10(14)13(16)11-5-6-15-17(11)9(3)4/h5-6,8-10,13H,7,14H2,1-4H3/t10-,13-/m0/s1. The van der Waals surface area contributed by atoms with Crippen LogP contribution in [-0.4, -0.2) is 32.7 Å². The third kappa shape index (κ3) is 2.03. The molecule has 1 aliphatic heterocycles. The zero-order valence-electron chi connectivity index (χ0n) is 11.5. The highest BCUT2D eigenvalue weighted by Gasteiger charge is 2.41. The fraction of sp³-hybridized carbons (Fsp3) is 0.692. The number of amides is 1. The van der Waals surface area contributed by atoms with Crippen molar-refractivity contribution in [3.8, 4) is 0 Å². The molecule has 0 radical (unpaired) electrons. The maximum absolute atomic E-state index is 12.0. The van der Waals surface area contributed by atoms with E-state index in [1.54, 1.807) is 6.20 Å². The molecule has 2 atom stereocenters. The Bertz CT molecular complexity index is 438. The average molecular weight is 250 g/mol. The van der Waals surface area contributed by atoms with E-state index in [4.69, 9.17) is 5.73 Å². The highest BCUT2D eigenvalue weighted by Crippen LogP contribution is 2.34. The summed E-state index contributed by atoms with van der Waals surface area (Å²) in [6, 6.07) is 2.20. The number of nitrogens with two attached hydrogens (primary N) is 1. The number of carbonyl (C=O) groups excluding carboxylic acids is 1. The summed E-state index contributed by atoms with van der Waals surface area (Å²) in [6.07, 6.45) is 2.20. The fourth-order valence-electron chi connectivity index (χ4n) is 2.74. The Morgan fingerprint density at radius 3 is 2.56 bits per heavy atom. The van der Waals surface area contributed by atoms with Crippen LogP contribution in [0.15, 0.2) is 12.3 Å². The van der Waals surface area contributed by atoms with E-state index < -0.39 is 0 Å². The zero-order valence-corrected chi connectivity index (χ0v) is 11.5. The molecule has 5 heteroatoms. The molecule has 2 N–H and O–H groups in total. The predicted molar refractivity (Wildman–Crippen MR) is 69.9 cm³/mol. The molecule has 2 heterocycles. The third-order valence-electron chi connectivity index (χ3n) is 3.45. The summed E-state index contributed by atoms with van der Waals surface area (Å²) >= 11 is 0. The van der Waals surface area contributed by atoms with Gasteiger partial charge in [0.15, 0.2) is 0 Å². The van der Waals surface area contributed by atoms with Crippen LogP contribution in [0.4, 0.5) is 0 Å². The number of hydrogen-bond acceptors (Lipinski definition) is 3. The van der Waals surface area contributed by atoms with Crippen molar-refractivity contribution >= 4 is 5.91 Å². The molecule has 1 aromatic heterocycles. The van der Waals surface area contributed by atoms with E-state index in [9.17, 15) is 4.79 Å². The average Bonchev–Trinajstić information content (AvgIpc) is 2.81. The Hall–Kier alpha value is -1.36. The van der Waals surface area contributed by atoms with Gasteiger partial charge in [-0.1, -0.05) is 0 Å². The van der Waals surface area contributed by atoms with E-state index in [2.05, 4.69) is 18.9 Å². The molecule has 0 aromatic carbocycles. The maximum Gasteiger partial charge on any atom is 0.225 e. The molecule has 1 fully saturated rings. The molecule has 0 saturated carbocycles. The molecule has 0 aliphatic carbocycles. The molecule has 1 aromatic rings. The second kappa shape index (κ2) is 4.72. The lowest BCUT2D eigenvalue weighted by molar-refractivity contribution is -0.130. The minimum atomic E-state index is -0.144. The predicted octanol–water partition coefficient (Wildman–Crippen LogP) is 1.47. The lowest BCUT2D eigenvalue weighted by Crippen LogP contribution is -2.39. The van der Waals surface area contributed by atoms with Gasteiger partial charge in [0.2, 0.25) is 5.91 Å². The second-order valence-corrected chi connectivity index (χ2v) is 5.50. The molecule has 1 saturated heterocycles. The Morgan fingerprint density at radius 2 is 2.00 bits per heavy atom. The molecule has 0 unspecified atom stereocenters. The van der Waals surface area contributed by atoms with E-state index in [0.717, 1.165) is 5.69 Å². The van der Waals surface area contributed by atoms with Gasteiger partial charge in [0.05, 0.1) is 11.7 Å². The summed E-state index contributed by atoms with van der Waals surface area (Å²) in [7, 11) is 0. The maximum atomic E-state index is 12.0. The Labute approximate surface area is 108 Å². The number of aromatic nitrogens is 2. The van der Waals surface area contributed by atoms with Gasteiger partial charge in [0.25, 0.3) is 0 Å². The van der Waals surface area contributed by atoms with E-state index in [1.807, 2.05) is 29.5 Å². The topological polar surface area (TPSA) is 64.2 Å². The van der Waals surface area contributed by atoms with Crippen molar-refractivity contribution in [3.63, 3.8) is 0 Å². The van der Waals surface area contributed by atoms with Crippen LogP contribution >= 0.6 is 0 Å². The Balaban J connectivity index is 2.41. The van der Waals surface area contributed by atoms with Crippen molar-refractivity contribution in [2.45, 2.75) is 58.3 Å². The van der Waals surface area contributed by atoms with E-state index in [0.29, 0.717) is 6.42 Å². The normalized spacial score (nSPS) is 24.6. The molecule has 0 spiro atoms. The highest BCUT2D eigenvalue weighted by atomic mass is 16.2. The molecule has 1 aliphatic rings. The van der Waals surface area contributed by atoms with E-state index >= 15 is 0 Å². The lowest BCUT2D eigenvalue weighted by atomic mass is 10.1. The van der Waals surface area contributed by atoms with Crippen molar-refractivity contribution in [2.24, 2.45) is 5.73 Å². The highest BCUT2D eigenvalue weighted by molar-refractivity contribution is 5.80. The van der Waals surface area contributed by atoms with Crippen LogP contribution in [0.1, 0.15) is 51.9 Å². The van der Waals surface area contributed by atoms with Crippen LogP contribution in [0.5, 0.6) is 0 Å². The number of rotatable bonds is 3. The smallest absolute Gasteiger partial charge is 0.225 e. The first-order chi connectivity index (χ1) is 8.43. The van der Waals surface area contributed by atoms with Crippen molar-refractivity contribution < 1.29 is 4.79 Å². The minimum absolute atomic E-state index is 0.0533. The van der Waals surface area contributed by atoms with Gasteiger partial charge in [-0.05, 0) is 33.8 Å². The van der Waals surface area contributed by atoms with E-state index in [-0.39, 0.29) is 30.1 Å². The summed E-state index contributed by atoms with van der Waals surface area (Å²) in [5.74, 6) is 0.138. The number of nitrogens with zero attached hydrogens (tertiary/aromatic N) is 3. The van der Waals surface area contributed by atoms with Crippen molar-refractivity contribution in [3.05, 3.63) is 18.0 Å². The molecule has 18 heavy (non-hydrogen) atoms. The molecule has 1 amide bonds. The first-order valence-electron chi connectivity index (χ1n) is 6.53. The molecular weight excluding hydrogens is 228 g/mol. The fourth-order valence-corrected chi connectivity index (χ4v) is 2.74. The number of likely N-dealkylation sites (tertiary alicyclic amines) is 1. The van der Waals surface area contributed by atoms with Crippen molar-refractivity contribution in [2.75, 3.05) is 0 Å². The minimum Gasteiger partial charge on any atom is -0.330 e. The van der Waals surface area contributed by atoms with Gasteiger partial charge < -0.3 is 10.6 Å². The van der Waals surface area contributed by atoms with Crippen LogP contribution in [-0.2, 0) is 4.79 Å². The largest absolute Gasteiger partial charge is 0.330 e. The van der Waals surface area contributed by atoms with Gasteiger partial charge >= 0.3 is 0 Å². The summed E-state index contributed by atoms with van der Waals surface area (Å²) in [5, 5.41) is 4.34. The quantitative estimate of drug-likeness (QED) is 0.883. The first kappa shape index (κ1) is 13.1. The van der Waals surface area contributed by atoms with Crippen LogP contribution in [0.2, 0.25) is 0 Å². The molecule has 100 valence electrons. The van der Waals surface area contributed by atoms with Crippen LogP contribution in [0, 0.1) is 0 Å². The summed E-state index contributed by atoms with van der Waals surface area (Å²) in [5.41, 5.74) is 7.19. The summed E-state index contributed by atoms with van der Waals surface area (Å²) in [6.45, 7) is 8.22. The van der Waals surface area contributed by atoms with Crippen molar-refractivity contribution in [1.82, 2.24) is 14.7 Å². The van der Waals surface area contributed by atoms with Gasteiger partial charge in [0, 0.05) is 30.7 Å². The van der Waals surface area contributed by atoms with Gasteiger partial charge in [-0.3, -0.25) is 9.48 Å². The lowest BCUT2D eigenvalue weighted by Gasteiger charge is -2.31. The second-order valence-electron chi connectivity index (χ2n) is 5.50. The molecule has 5 nitrogen and oxygen atoms in total.